The Hall–Kier alpha value is -1.72. The van der Waals surface area contributed by atoms with Crippen LogP contribution in [-0.2, 0) is 0 Å². The topological polar surface area (TPSA) is 67.8 Å². The van der Waals surface area contributed by atoms with Crippen LogP contribution in [0.3, 0.4) is 0 Å². The third kappa shape index (κ3) is 4.42. The van der Waals surface area contributed by atoms with Crippen molar-refractivity contribution in [2.75, 3.05) is 11.1 Å². The van der Waals surface area contributed by atoms with Gasteiger partial charge in [-0.25, -0.2) is 4.98 Å². The van der Waals surface area contributed by atoms with Crippen LogP contribution in [0.2, 0.25) is 0 Å². The van der Waals surface area contributed by atoms with Gasteiger partial charge in [-0.15, -0.1) is 16.4 Å². The first kappa shape index (κ1) is 17.1. The zero-order valence-corrected chi connectivity index (χ0v) is 14.3. The molecule has 1 aromatic carbocycles. The van der Waals surface area contributed by atoms with E-state index in [4.69, 9.17) is 0 Å². The summed E-state index contributed by atoms with van der Waals surface area (Å²) >= 11 is 3.45. The molecule has 3 aromatic rings. The lowest BCUT2D eigenvalue weighted by atomic mass is 10.3. The van der Waals surface area contributed by atoms with Gasteiger partial charge >= 0.3 is 6.18 Å². The fourth-order valence-corrected chi connectivity index (χ4v) is 4.35. The third-order valence-corrected chi connectivity index (χ3v) is 5.50. The van der Waals surface area contributed by atoms with E-state index in [1.54, 1.807) is 18.2 Å². The minimum Gasteiger partial charge on any atom is -0.321 e. The fourth-order valence-electron chi connectivity index (χ4n) is 1.76. The van der Waals surface area contributed by atoms with E-state index in [-0.39, 0.29) is 17.4 Å². The molecular weight excluding hydrogens is 381 g/mol. The molecule has 0 atom stereocenters. The van der Waals surface area contributed by atoms with Gasteiger partial charge in [0.2, 0.25) is 0 Å². The molecule has 0 bridgehead atoms. The van der Waals surface area contributed by atoms with Gasteiger partial charge in [-0.1, -0.05) is 16.3 Å². The normalized spacial score (nSPS) is 11.8. The third-order valence-electron chi connectivity index (χ3n) is 2.83. The van der Waals surface area contributed by atoms with Crippen LogP contribution in [-0.4, -0.2) is 32.4 Å². The van der Waals surface area contributed by atoms with Crippen LogP contribution in [0.15, 0.2) is 27.9 Å². The lowest BCUT2D eigenvalue weighted by Crippen LogP contribution is -2.12. The van der Waals surface area contributed by atoms with Crippen molar-refractivity contribution in [2.45, 2.75) is 16.9 Å². The molecule has 0 fully saturated rings. The van der Waals surface area contributed by atoms with E-state index in [0.717, 1.165) is 28.0 Å². The summed E-state index contributed by atoms with van der Waals surface area (Å²) in [5, 5.41) is 7.92. The van der Waals surface area contributed by atoms with Crippen LogP contribution in [0, 0.1) is 0 Å². The van der Waals surface area contributed by atoms with Crippen LogP contribution in [0.1, 0.15) is 16.9 Å². The second-order valence-corrected chi connectivity index (χ2v) is 7.60. The Labute approximate surface area is 146 Å². The zero-order chi connectivity index (χ0) is 17.2. The molecule has 0 saturated carbocycles. The number of hydrogen-bond acceptors (Lipinski definition) is 7. The number of alkyl halides is 3. The molecule has 1 N–H and O–H groups in total. The number of fused-ring (bicyclic) bond motifs is 1. The minimum absolute atomic E-state index is 0.0657. The number of anilines is 1. The minimum atomic E-state index is -4.16. The summed E-state index contributed by atoms with van der Waals surface area (Å²) in [7, 11) is 0. The molecule has 126 valence electrons. The highest BCUT2D eigenvalue weighted by Gasteiger charge is 2.26. The van der Waals surface area contributed by atoms with Gasteiger partial charge in [-0.2, -0.15) is 13.2 Å². The van der Waals surface area contributed by atoms with Crippen LogP contribution in [0.4, 0.5) is 18.9 Å². The maximum absolute atomic E-state index is 12.2. The molecule has 1 amide bonds. The lowest BCUT2D eigenvalue weighted by molar-refractivity contribution is -0.129. The monoisotopic (exact) mass is 390 g/mol. The molecule has 2 heterocycles. The Morgan fingerprint density at radius 3 is 2.88 bits per heavy atom. The second-order valence-electron chi connectivity index (χ2n) is 4.62. The number of amides is 1. The Balaban J connectivity index is 1.68. The number of aromatic nitrogens is 3. The van der Waals surface area contributed by atoms with E-state index in [0.29, 0.717) is 15.5 Å². The van der Waals surface area contributed by atoms with Crippen LogP contribution >= 0.6 is 34.6 Å². The van der Waals surface area contributed by atoms with Gasteiger partial charge in [0.1, 0.15) is 0 Å². The number of carbonyl (C=O) groups is 1. The highest BCUT2D eigenvalue weighted by atomic mass is 32.2. The van der Waals surface area contributed by atoms with Crippen LogP contribution in [0.5, 0.6) is 0 Å². The highest BCUT2D eigenvalue weighted by Crippen LogP contribution is 2.33. The Kier molecular flexibility index (Phi) is 5.01. The number of thiazole rings is 1. The van der Waals surface area contributed by atoms with Gasteiger partial charge in [0, 0.05) is 16.8 Å². The molecule has 24 heavy (non-hydrogen) atoms. The summed E-state index contributed by atoms with van der Waals surface area (Å²) in [6.45, 7) is 0. The van der Waals surface area contributed by atoms with Crippen molar-refractivity contribution in [2.24, 2.45) is 0 Å². The first-order valence-corrected chi connectivity index (χ1v) is 9.23. The number of benzene rings is 1. The molecule has 0 saturated heterocycles. The predicted octanol–water partition coefficient (Wildman–Crippen LogP) is 4.44. The van der Waals surface area contributed by atoms with Crippen LogP contribution in [0.25, 0.3) is 10.2 Å². The van der Waals surface area contributed by atoms with Crippen molar-refractivity contribution in [3.05, 3.63) is 29.3 Å². The largest absolute Gasteiger partial charge is 0.389 e. The van der Waals surface area contributed by atoms with Gasteiger partial charge in [-0.05, 0) is 29.7 Å². The average molecular weight is 390 g/mol. The summed E-state index contributed by atoms with van der Waals surface area (Å²) in [6.07, 6.45) is -5.01. The Bertz CT molecular complexity index is 848. The first-order chi connectivity index (χ1) is 11.4. The number of hydrogen-bond donors (Lipinski definition) is 1. The molecule has 2 aromatic heterocycles. The van der Waals surface area contributed by atoms with Crippen molar-refractivity contribution < 1.29 is 18.0 Å². The summed E-state index contributed by atoms with van der Waals surface area (Å²) in [5.74, 6) is -0.434. The molecule has 0 spiro atoms. The molecule has 0 aliphatic rings. The number of nitrogens with one attached hydrogen (secondary N) is 1. The highest BCUT2D eigenvalue weighted by molar-refractivity contribution is 8.01. The number of rotatable bonds is 5. The second kappa shape index (κ2) is 7.03. The van der Waals surface area contributed by atoms with E-state index in [1.165, 1.54) is 16.7 Å². The van der Waals surface area contributed by atoms with Crippen molar-refractivity contribution >= 4 is 56.4 Å². The van der Waals surface area contributed by atoms with E-state index in [1.807, 2.05) is 0 Å². The Morgan fingerprint density at radius 1 is 1.33 bits per heavy atom. The summed E-state index contributed by atoms with van der Waals surface area (Å²) in [4.78, 5) is 16.2. The predicted molar refractivity (Wildman–Crippen MR) is 88.9 cm³/mol. The summed E-state index contributed by atoms with van der Waals surface area (Å²) < 4.78 is 41.5. The summed E-state index contributed by atoms with van der Waals surface area (Å²) in [5.41, 5.74) is 1.48. The maximum Gasteiger partial charge on any atom is 0.389 e. The van der Waals surface area contributed by atoms with Gasteiger partial charge < -0.3 is 5.32 Å². The van der Waals surface area contributed by atoms with Gasteiger partial charge in [0.05, 0.1) is 16.6 Å². The van der Waals surface area contributed by atoms with E-state index in [9.17, 15) is 18.0 Å². The quantitative estimate of drug-likeness (QED) is 0.652. The van der Waals surface area contributed by atoms with E-state index in [2.05, 4.69) is 19.9 Å². The van der Waals surface area contributed by atoms with Crippen molar-refractivity contribution in [1.29, 1.82) is 0 Å². The smallest absolute Gasteiger partial charge is 0.321 e. The standard InChI is InChI=1S/C13H9F3N4OS3/c14-13(15,16)3-4-22-12-18-8-2-1-7(5-10(8)24-12)17-11(21)9-6-23-20-19-9/h1-2,5-6H,3-4H2,(H,17,21). The molecule has 0 aliphatic carbocycles. The number of thioether (sulfide) groups is 1. The zero-order valence-electron chi connectivity index (χ0n) is 11.8. The average Bonchev–Trinajstić information content (AvgIpc) is 3.14. The van der Waals surface area contributed by atoms with Gasteiger partial charge in [-0.3, -0.25) is 4.79 Å². The number of halogens is 3. The molecule has 11 heteroatoms. The molecule has 0 radical (unpaired) electrons. The fraction of sp³-hybridized carbons (Fsp3) is 0.231. The van der Waals surface area contributed by atoms with E-state index >= 15 is 0 Å². The SMILES string of the molecule is O=C(Nc1ccc2nc(SCCC(F)(F)F)sc2c1)c1csnn1. The van der Waals surface area contributed by atoms with Gasteiger partial charge in [0.15, 0.2) is 10.0 Å². The molecule has 0 unspecified atom stereocenters. The van der Waals surface area contributed by atoms with Gasteiger partial charge in [0.25, 0.3) is 5.91 Å². The van der Waals surface area contributed by atoms with Crippen LogP contribution < -0.4 is 5.32 Å². The molecular formula is C13H9F3N4OS3. The number of nitrogens with zero attached hydrogens (tertiary/aromatic N) is 3. The van der Waals surface area contributed by atoms with Crippen molar-refractivity contribution in [3.63, 3.8) is 0 Å². The van der Waals surface area contributed by atoms with E-state index < -0.39 is 12.6 Å². The number of carbonyl (C=O) groups excluding carboxylic acids is 1. The molecule has 5 nitrogen and oxygen atoms in total. The maximum atomic E-state index is 12.2. The summed E-state index contributed by atoms with van der Waals surface area (Å²) in [6, 6.07) is 5.14. The lowest BCUT2D eigenvalue weighted by Gasteiger charge is -2.03. The molecule has 0 aliphatic heterocycles. The van der Waals surface area contributed by atoms with Crippen molar-refractivity contribution in [3.8, 4) is 0 Å². The van der Waals surface area contributed by atoms with Crippen molar-refractivity contribution in [1.82, 2.24) is 14.6 Å². The molecule has 3 rings (SSSR count). The first-order valence-electron chi connectivity index (χ1n) is 6.59. The Morgan fingerprint density at radius 2 is 2.17 bits per heavy atom.